The predicted molar refractivity (Wildman–Crippen MR) is 69.5 cm³/mol. The number of halogens is 1. The van der Waals surface area contributed by atoms with Gasteiger partial charge in [0.2, 0.25) is 0 Å². The zero-order chi connectivity index (χ0) is 12.4. The van der Waals surface area contributed by atoms with E-state index in [1.165, 1.54) is 6.07 Å². The number of hydrogen-bond acceptors (Lipinski definition) is 3. The number of nitrogen functional groups attached to an aromatic ring is 1. The van der Waals surface area contributed by atoms with Crippen molar-refractivity contribution in [1.29, 1.82) is 0 Å². The fraction of sp³-hybridized carbons (Fsp3) is 0.308. The lowest BCUT2D eigenvalue weighted by molar-refractivity contribution is 0.627. The number of hydrogen-bond donors (Lipinski definition) is 2. The quantitative estimate of drug-likeness (QED) is 0.800. The van der Waals surface area contributed by atoms with E-state index in [-0.39, 0.29) is 11.9 Å². The Morgan fingerprint density at radius 1 is 1.53 bits per heavy atom. The van der Waals surface area contributed by atoms with Gasteiger partial charge in [-0.15, -0.1) is 0 Å². The summed E-state index contributed by atoms with van der Waals surface area (Å²) in [5.41, 5.74) is 7.22. The summed E-state index contributed by atoms with van der Waals surface area (Å²) in [6.45, 7) is 4.05. The van der Waals surface area contributed by atoms with Gasteiger partial charge in [-0.2, -0.15) is 0 Å². The summed E-state index contributed by atoms with van der Waals surface area (Å²) in [5.74, 6) is -0.353. The maximum atomic E-state index is 13.9. The summed E-state index contributed by atoms with van der Waals surface area (Å²) in [4.78, 5) is 4.21. The molecule has 3 nitrogen and oxygen atoms in total. The highest BCUT2D eigenvalue weighted by Gasteiger charge is 2.13. The molecule has 0 bridgehead atoms. The molecule has 0 spiro atoms. The average Bonchev–Trinajstić information content (AvgIpc) is 2.34. The molecular weight excluding hydrogens is 217 g/mol. The fourth-order valence-corrected chi connectivity index (χ4v) is 1.72. The van der Waals surface area contributed by atoms with Crippen molar-refractivity contribution in [2.24, 2.45) is 0 Å². The lowest BCUT2D eigenvalue weighted by atomic mass is 10.1. The third-order valence-electron chi connectivity index (χ3n) is 2.88. The van der Waals surface area contributed by atoms with Crippen LogP contribution in [0.5, 0.6) is 0 Å². The number of benzene rings is 1. The minimum atomic E-state index is -0.353. The van der Waals surface area contributed by atoms with Crippen LogP contribution in [-0.2, 0) is 0 Å². The molecule has 1 aromatic heterocycles. The Labute approximate surface area is 99.8 Å². The summed E-state index contributed by atoms with van der Waals surface area (Å²) < 4.78 is 13.9. The fourth-order valence-electron chi connectivity index (χ4n) is 1.72. The largest absolute Gasteiger partial charge is 0.398 e. The Morgan fingerprint density at radius 2 is 2.29 bits per heavy atom. The van der Waals surface area contributed by atoms with Crippen molar-refractivity contribution in [2.45, 2.75) is 26.3 Å². The molecule has 0 amide bonds. The minimum absolute atomic E-state index is 0.193. The Hall–Kier alpha value is -1.84. The molecule has 1 aromatic carbocycles. The summed E-state index contributed by atoms with van der Waals surface area (Å²) >= 11 is 0. The van der Waals surface area contributed by atoms with Gasteiger partial charge in [0.25, 0.3) is 0 Å². The maximum Gasteiger partial charge on any atom is 0.150 e. The molecule has 1 unspecified atom stereocenters. The highest BCUT2D eigenvalue weighted by Crippen LogP contribution is 2.30. The molecule has 0 fully saturated rings. The van der Waals surface area contributed by atoms with Crippen molar-refractivity contribution in [3.8, 4) is 0 Å². The van der Waals surface area contributed by atoms with Crippen LogP contribution in [0.4, 0.5) is 15.8 Å². The third kappa shape index (κ3) is 2.16. The molecule has 0 aliphatic heterocycles. The van der Waals surface area contributed by atoms with Crippen LogP contribution in [0, 0.1) is 5.82 Å². The third-order valence-corrected chi connectivity index (χ3v) is 2.88. The number of nitrogens with two attached hydrogens (primary N) is 1. The highest BCUT2D eigenvalue weighted by molar-refractivity contribution is 5.98. The van der Waals surface area contributed by atoms with E-state index in [0.29, 0.717) is 16.9 Å². The molecule has 90 valence electrons. The van der Waals surface area contributed by atoms with Crippen molar-refractivity contribution < 1.29 is 4.39 Å². The molecule has 0 aliphatic carbocycles. The first-order valence-corrected chi connectivity index (χ1v) is 5.72. The first kappa shape index (κ1) is 11.6. The molecule has 0 aliphatic rings. The van der Waals surface area contributed by atoms with E-state index in [1.54, 1.807) is 12.3 Å². The number of fused-ring (bicyclic) bond motifs is 1. The Kier molecular flexibility index (Phi) is 3.13. The molecule has 1 heterocycles. The van der Waals surface area contributed by atoms with Crippen molar-refractivity contribution in [2.75, 3.05) is 11.1 Å². The van der Waals surface area contributed by atoms with E-state index in [1.807, 2.05) is 19.9 Å². The van der Waals surface area contributed by atoms with Gasteiger partial charge in [-0.25, -0.2) is 4.39 Å². The Balaban J connectivity index is 2.61. The number of anilines is 2. The second-order valence-electron chi connectivity index (χ2n) is 4.18. The van der Waals surface area contributed by atoms with E-state index in [2.05, 4.69) is 10.3 Å². The van der Waals surface area contributed by atoms with Crippen molar-refractivity contribution in [1.82, 2.24) is 4.98 Å². The molecule has 0 saturated heterocycles. The number of pyridine rings is 1. The van der Waals surface area contributed by atoms with Gasteiger partial charge in [0, 0.05) is 23.3 Å². The van der Waals surface area contributed by atoms with Crippen LogP contribution < -0.4 is 11.1 Å². The molecule has 0 saturated carbocycles. The normalized spacial score (nSPS) is 12.6. The van der Waals surface area contributed by atoms with E-state index in [4.69, 9.17) is 5.73 Å². The van der Waals surface area contributed by atoms with Crippen LogP contribution in [0.2, 0.25) is 0 Å². The van der Waals surface area contributed by atoms with Crippen molar-refractivity contribution in [3.63, 3.8) is 0 Å². The van der Waals surface area contributed by atoms with Gasteiger partial charge >= 0.3 is 0 Å². The summed E-state index contributed by atoms with van der Waals surface area (Å²) in [5, 5.41) is 3.91. The topological polar surface area (TPSA) is 50.9 Å². The van der Waals surface area contributed by atoms with E-state index in [9.17, 15) is 4.39 Å². The molecular formula is C13H16FN3. The van der Waals surface area contributed by atoms with Crippen LogP contribution in [0.15, 0.2) is 24.4 Å². The zero-order valence-electron chi connectivity index (χ0n) is 10.00. The van der Waals surface area contributed by atoms with Crippen LogP contribution in [0.3, 0.4) is 0 Å². The molecule has 1 atom stereocenters. The molecule has 3 N–H and O–H groups in total. The molecule has 2 aromatic rings. The molecule has 4 heteroatoms. The van der Waals surface area contributed by atoms with Gasteiger partial charge < -0.3 is 11.1 Å². The van der Waals surface area contributed by atoms with Crippen LogP contribution in [0.1, 0.15) is 20.3 Å². The van der Waals surface area contributed by atoms with Gasteiger partial charge in [-0.05, 0) is 31.5 Å². The van der Waals surface area contributed by atoms with E-state index in [0.717, 1.165) is 11.8 Å². The smallest absolute Gasteiger partial charge is 0.150 e. The van der Waals surface area contributed by atoms with E-state index < -0.39 is 0 Å². The molecule has 2 rings (SSSR count). The lowest BCUT2D eigenvalue weighted by Crippen LogP contribution is -2.15. The number of nitrogens with zero attached hydrogens (tertiary/aromatic N) is 1. The monoisotopic (exact) mass is 233 g/mol. The Morgan fingerprint density at radius 3 is 3.00 bits per heavy atom. The second kappa shape index (κ2) is 4.57. The SMILES string of the molecule is CCC(C)Nc1c(F)cc(N)c2cccnc12. The van der Waals surface area contributed by atoms with Gasteiger partial charge in [0.1, 0.15) is 0 Å². The number of aromatic nitrogens is 1. The van der Waals surface area contributed by atoms with Gasteiger partial charge in [-0.3, -0.25) is 4.98 Å². The second-order valence-corrected chi connectivity index (χ2v) is 4.18. The summed E-state index contributed by atoms with van der Waals surface area (Å²) in [7, 11) is 0. The number of nitrogens with one attached hydrogen (secondary N) is 1. The van der Waals surface area contributed by atoms with Crippen molar-refractivity contribution >= 4 is 22.3 Å². The summed E-state index contributed by atoms with van der Waals surface area (Å²) in [6, 6.07) is 5.18. The average molecular weight is 233 g/mol. The summed E-state index contributed by atoms with van der Waals surface area (Å²) in [6.07, 6.45) is 2.56. The van der Waals surface area contributed by atoms with Crippen LogP contribution in [-0.4, -0.2) is 11.0 Å². The first-order valence-electron chi connectivity index (χ1n) is 5.72. The van der Waals surface area contributed by atoms with E-state index >= 15 is 0 Å². The van der Waals surface area contributed by atoms with Crippen LogP contribution >= 0.6 is 0 Å². The zero-order valence-corrected chi connectivity index (χ0v) is 10.00. The lowest BCUT2D eigenvalue weighted by Gasteiger charge is -2.16. The standard InChI is InChI=1S/C13H16FN3/c1-3-8(2)17-13-10(14)7-11(15)9-5-4-6-16-12(9)13/h4-8,17H,3,15H2,1-2H3. The molecule has 0 radical (unpaired) electrons. The predicted octanol–water partition coefficient (Wildman–Crippen LogP) is 3.17. The van der Waals surface area contributed by atoms with Crippen molar-refractivity contribution in [3.05, 3.63) is 30.2 Å². The van der Waals surface area contributed by atoms with Gasteiger partial charge in [0.05, 0.1) is 11.2 Å². The first-order chi connectivity index (χ1) is 8.13. The van der Waals surface area contributed by atoms with Gasteiger partial charge in [-0.1, -0.05) is 6.92 Å². The number of rotatable bonds is 3. The Bertz CT molecular complexity index is 539. The maximum absolute atomic E-state index is 13.9. The van der Waals surface area contributed by atoms with Gasteiger partial charge in [0.15, 0.2) is 5.82 Å². The van der Waals surface area contributed by atoms with Crippen LogP contribution in [0.25, 0.3) is 10.9 Å². The molecule has 17 heavy (non-hydrogen) atoms. The minimum Gasteiger partial charge on any atom is -0.398 e. The highest BCUT2D eigenvalue weighted by atomic mass is 19.1.